The number of thioether (sulfide) groups is 1. The van der Waals surface area contributed by atoms with Crippen LogP contribution in [-0.2, 0) is 16.1 Å². The van der Waals surface area contributed by atoms with Crippen LogP contribution in [0.5, 0.6) is 11.5 Å². The van der Waals surface area contributed by atoms with Gasteiger partial charge in [-0.05, 0) is 60.2 Å². The molecule has 10 heteroatoms. The van der Waals surface area contributed by atoms with E-state index in [0.29, 0.717) is 32.2 Å². The lowest BCUT2D eigenvalue weighted by atomic mass is 10.2. The quantitative estimate of drug-likeness (QED) is 0.290. The van der Waals surface area contributed by atoms with Gasteiger partial charge in [-0.2, -0.15) is 0 Å². The van der Waals surface area contributed by atoms with Crippen LogP contribution in [-0.4, -0.2) is 34.8 Å². The van der Waals surface area contributed by atoms with E-state index < -0.39 is 0 Å². The fourth-order valence-electron chi connectivity index (χ4n) is 3.11. The van der Waals surface area contributed by atoms with Crippen molar-refractivity contribution in [2.45, 2.75) is 6.54 Å². The van der Waals surface area contributed by atoms with E-state index in [0.717, 1.165) is 10.0 Å². The molecular formula is C24H19BrN2O5S2. The smallest absolute Gasteiger partial charge is 0.266 e. The number of nitrogens with zero attached hydrogens (tertiary/aromatic N) is 1. The summed E-state index contributed by atoms with van der Waals surface area (Å²) < 4.78 is 17.8. The second-order valence-electron chi connectivity index (χ2n) is 7.10. The number of ether oxygens (including phenoxy) is 2. The lowest BCUT2D eigenvalue weighted by Crippen LogP contribution is -2.27. The number of benzene rings is 2. The van der Waals surface area contributed by atoms with E-state index in [4.69, 9.17) is 26.1 Å². The molecule has 0 atom stereocenters. The Hall–Kier alpha value is -3.08. The summed E-state index contributed by atoms with van der Waals surface area (Å²) in [6.45, 7) is 0.102. The van der Waals surface area contributed by atoms with Gasteiger partial charge in [0, 0.05) is 10.2 Å². The fraction of sp³-hybridized carbons (Fsp3) is 0.125. The Morgan fingerprint density at radius 1 is 1.21 bits per heavy atom. The molecule has 1 saturated heterocycles. The van der Waals surface area contributed by atoms with Gasteiger partial charge >= 0.3 is 0 Å². The summed E-state index contributed by atoms with van der Waals surface area (Å²) in [5, 5.41) is 2.77. The lowest BCUT2D eigenvalue weighted by molar-refractivity contribution is -0.122. The SMILES string of the molecule is COc1cc(/C=C2\SC(=S)N(Cc3ccco3)C2=O)ccc1OCC(=O)Nc1ccc(Br)cc1. The highest BCUT2D eigenvalue weighted by Crippen LogP contribution is 2.35. The van der Waals surface area contributed by atoms with Gasteiger partial charge in [-0.1, -0.05) is 46.0 Å². The number of hydrogen-bond acceptors (Lipinski definition) is 7. The summed E-state index contributed by atoms with van der Waals surface area (Å²) >= 11 is 9.95. The number of carbonyl (C=O) groups is 2. The van der Waals surface area contributed by atoms with Gasteiger partial charge in [0.1, 0.15) is 10.1 Å². The first kappa shape index (κ1) is 24.1. The van der Waals surface area contributed by atoms with Gasteiger partial charge < -0.3 is 19.2 Å². The molecule has 4 rings (SSSR count). The highest BCUT2D eigenvalue weighted by molar-refractivity contribution is 9.10. The minimum atomic E-state index is -0.298. The largest absolute Gasteiger partial charge is 0.493 e. The third kappa shape index (κ3) is 5.88. The first-order valence-corrected chi connectivity index (χ1v) is 12.1. The van der Waals surface area contributed by atoms with Crippen LogP contribution < -0.4 is 14.8 Å². The Labute approximate surface area is 214 Å². The maximum atomic E-state index is 12.8. The first-order valence-electron chi connectivity index (χ1n) is 10.1. The zero-order valence-corrected chi connectivity index (χ0v) is 21.2. The van der Waals surface area contributed by atoms with Crippen LogP contribution in [0.15, 0.2) is 74.7 Å². The van der Waals surface area contributed by atoms with Gasteiger partial charge in [0.15, 0.2) is 18.1 Å². The van der Waals surface area contributed by atoms with Crippen molar-refractivity contribution in [1.82, 2.24) is 4.90 Å². The number of carbonyl (C=O) groups excluding carboxylic acids is 2. The molecular weight excluding hydrogens is 540 g/mol. The second-order valence-corrected chi connectivity index (χ2v) is 9.69. The normalized spacial score (nSPS) is 14.5. The van der Waals surface area contributed by atoms with Crippen LogP contribution >= 0.6 is 39.9 Å². The standard InChI is InChI=1S/C24H19BrN2O5S2/c1-30-20-11-15(12-21-23(29)27(24(33)34-21)13-18-3-2-10-31-18)4-9-19(20)32-14-22(28)26-17-7-5-16(25)6-8-17/h2-12H,13-14H2,1H3,(H,26,28)/b21-12-. The summed E-state index contributed by atoms with van der Waals surface area (Å²) in [6.07, 6.45) is 3.30. The number of furan rings is 1. The van der Waals surface area contributed by atoms with E-state index in [1.165, 1.54) is 23.8 Å². The molecule has 0 unspecified atom stereocenters. The number of thiocarbonyl (C=S) groups is 1. The molecule has 1 aliphatic rings. The zero-order valence-electron chi connectivity index (χ0n) is 17.9. The monoisotopic (exact) mass is 558 g/mol. The molecule has 34 heavy (non-hydrogen) atoms. The molecule has 174 valence electrons. The molecule has 0 aliphatic carbocycles. The fourth-order valence-corrected chi connectivity index (χ4v) is 4.63. The predicted molar refractivity (Wildman–Crippen MR) is 139 cm³/mol. The summed E-state index contributed by atoms with van der Waals surface area (Å²) in [5.74, 6) is 1.03. The van der Waals surface area contributed by atoms with Gasteiger partial charge in [0.05, 0.1) is 24.8 Å². The van der Waals surface area contributed by atoms with E-state index in [1.807, 2.05) is 12.1 Å². The average molecular weight is 559 g/mol. The Kier molecular flexibility index (Phi) is 7.71. The molecule has 1 fully saturated rings. The summed E-state index contributed by atoms with van der Waals surface area (Å²) in [6, 6.07) is 16.0. The molecule has 7 nitrogen and oxygen atoms in total. The van der Waals surface area contributed by atoms with Crippen molar-refractivity contribution < 1.29 is 23.5 Å². The second kappa shape index (κ2) is 10.9. The molecule has 1 aliphatic heterocycles. The highest BCUT2D eigenvalue weighted by Gasteiger charge is 2.32. The van der Waals surface area contributed by atoms with Crippen molar-refractivity contribution in [1.29, 1.82) is 0 Å². The molecule has 0 bridgehead atoms. The molecule has 2 amide bonds. The van der Waals surface area contributed by atoms with Crippen molar-refractivity contribution in [2.24, 2.45) is 0 Å². The summed E-state index contributed by atoms with van der Waals surface area (Å²) in [7, 11) is 1.51. The first-order chi connectivity index (χ1) is 16.4. The van der Waals surface area contributed by atoms with Crippen LogP contribution in [0.25, 0.3) is 6.08 Å². The minimum absolute atomic E-state index is 0.183. The summed E-state index contributed by atoms with van der Waals surface area (Å²) in [4.78, 5) is 27.0. The van der Waals surface area contributed by atoms with Gasteiger partial charge in [0.2, 0.25) is 0 Å². The number of anilines is 1. The van der Waals surface area contributed by atoms with Crippen molar-refractivity contribution in [3.8, 4) is 11.5 Å². The third-order valence-corrected chi connectivity index (χ3v) is 6.65. The van der Waals surface area contributed by atoms with Crippen LogP contribution in [0.1, 0.15) is 11.3 Å². The Bertz CT molecular complexity index is 1240. The predicted octanol–water partition coefficient (Wildman–Crippen LogP) is 5.47. The third-order valence-electron chi connectivity index (χ3n) is 4.74. The number of rotatable bonds is 8. The molecule has 1 N–H and O–H groups in total. The lowest BCUT2D eigenvalue weighted by Gasteiger charge is -2.12. The van der Waals surface area contributed by atoms with Crippen LogP contribution in [0.2, 0.25) is 0 Å². The van der Waals surface area contributed by atoms with Crippen molar-refractivity contribution in [3.05, 3.63) is 81.6 Å². The molecule has 3 aromatic rings. The molecule has 0 spiro atoms. The minimum Gasteiger partial charge on any atom is -0.493 e. The molecule has 2 heterocycles. The van der Waals surface area contributed by atoms with Crippen molar-refractivity contribution >= 4 is 67.8 Å². The number of methoxy groups -OCH3 is 1. The molecule has 0 saturated carbocycles. The van der Waals surface area contributed by atoms with Gasteiger partial charge in [-0.25, -0.2) is 0 Å². The Morgan fingerprint density at radius 2 is 2.00 bits per heavy atom. The molecule has 1 aromatic heterocycles. The number of halogens is 1. The van der Waals surface area contributed by atoms with Gasteiger partial charge in [-0.3, -0.25) is 14.5 Å². The van der Waals surface area contributed by atoms with Crippen molar-refractivity contribution in [3.63, 3.8) is 0 Å². The number of amides is 2. The van der Waals surface area contributed by atoms with Gasteiger partial charge in [-0.15, -0.1) is 0 Å². The number of hydrogen-bond donors (Lipinski definition) is 1. The van der Waals surface area contributed by atoms with E-state index >= 15 is 0 Å². The summed E-state index contributed by atoms with van der Waals surface area (Å²) in [5.41, 5.74) is 1.41. The van der Waals surface area contributed by atoms with E-state index in [-0.39, 0.29) is 25.0 Å². The van der Waals surface area contributed by atoms with E-state index in [1.54, 1.807) is 54.8 Å². The Morgan fingerprint density at radius 3 is 2.71 bits per heavy atom. The van der Waals surface area contributed by atoms with Crippen molar-refractivity contribution in [2.75, 3.05) is 19.0 Å². The van der Waals surface area contributed by atoms with Gasteiger partial charge in [0.25, 0.3) is 11.8 Å². The van der Waals surface area contributed by atoms with Crippen LogP contribution in [0.3, 0.4) is 0 Å². The maximum absolute atomic E-state index is 12.8. The van der Waals surface area contributed by atoms with E-state index in [9.17, 15) is 9.59 Å². The maximum Gasteiger partial charge on any atom is 0.266 e. The highest BCUT2D eigenvalue weighted by atomic mass is 79.9. The van der Waals surface area contributed by atoms with E-state index in [2.05, 4.69) is 21.2 Å². The Balaban J connectivity index is 1.41. The zero-order chi connectivity index (χ0) is 24.1. The topological polar surface area (TPSA) is 81.0 Å². The molecule has 2 aromatic carbocycles. The average Bonchev–Trinajstić information content (AvgIpc) is 3.44. The molecule has 0 radical (unpaired) electrons. The van der Waals surface area contributed by atoms with Crippen LogP contribution in [0.4, 0.5) is 5.69 Å². The number of nitrogens with one attached hydrogen (secondary N) is 1. The van der Waals surface area contributed by atoms with Crippen LogP contribution in [0, 0.1) is 0 Å².